The van der Waals surface area contributed by atoms with Crippen molar-refractivity contribution in [2.24, 2.45) is 5.73 Å². The second-order valence-electron chi connectivity index (χ2n) is 4.37. The van der Waals surface area contributed by atoms with Gasteiger partial charge in [-0.2, -0.15) is 0 Å². The number of ether oxygens (including phenoxy) is 2. The van der Waals surface area contributed by atoms with Gasteiger partial charge in [0.25, 0.3) is 0 Å². The van der Waals surface area contributed by atoms with Gasteiger partial charge in [0, 0.05) is 0 Å². The van der Waals surface area contributed by atoms with Crippen molar-refractivity contribution in [3.05, 3.63) is 23.8 Å². The van der Waals surface area contributed by atoms with Crippen LogP contribution in [0.4, 0.5) is 0 Å². The van der Waals surface area contributed by atoms with Gasteiger partial charge in [-0.25, -0.2) is 0 Å². The Hall–Kier alpha value is -1.78. The molecule has 0 saturated heterocycles. The minimum Gasteiger partial charge on any atom is -0.497 e. The summed E-state index contributed by atoms with van der Waals surface area (Å²) < 4.78 is 11.7. The molecule has 2 N–H and O–H groups in total. The number of thioether (sulfide) groups is 2. The molecule has 0 spiro atoms. The van der Waals surface area contributed by atoms with Gasteiger partial charge >= 0.3 is 0 Å². The maximum atomic E-state index is 12.4. The molecule has 24 heavy (non-hydrogen) atoms. The molecule has 0 bridgehead atoms. The normalized spacial score (nSPS) is 10.4. The fourth-order valence-corrected chi connectivity index (χ4v) is 4.33. The highest BCUT2D eigenvalue weighted by Gasteiger charge is 2.15. The number of carbonyl (C=O) groups is 2. The molecule has 1 heterocycles. The van der Waals surface area contributed by atoms with Crippen LogP contribution in [-0.4, -0.2) is 47.6 Å². The third-order valence-electron chi connectivity index (χ3n) is 2.76. The molecule has 0 aliphatic heterocycles. The average Bonchev–Trinajstić information content (AvgIpc) is 3.05. The predicted molar refractivity (Wildman–Crippen MR) is 94.4 cm³/mol. The van der Waals surface area contributed by atoms with Gasteiger partial charge in [-0.05, 0) is 18.2 Å². The number of methoxy groups -OCH3 is 2. The average molecular weight is 385 g/mol. The zero-order chi connectivity index (χ0) is 17.5. The Kier molecular flexibility index (Phi) is 6.88. The Labute approximate surface area is 151 Å². The summed E-state index contributed by atoms with van der Waals surface area (Å²) in [6.45, 7) is 0. The number of benzene rings is 1. The number of nitrogens with two attached hydrogens (primary N) is 1. The highest BCUT2D eigenvalue weighted by atomic mass is 32.2. The zero-order valence-electron chi connectivity index (χ0n) is 13.0. The van der Waals surface area contributed by atoms with Crippen LogP contribution in [0.15, 0.2) is 26.9 Å². The Morgan fingerprint density at radius 3 is 2.38 bits per heavy atom. The van der Waals surface area contributed by atoms with Crippen molar-refractivity contribution in [2.75, 3.05) is 25.7 Å². The number of nitrogens with zero attached hydrogens (tertiary/aromatic N) is 2. The molecule has 0 aliphatic carbocycles. The number of carbonyl (C=O) groups excluding carboxylic acids is 2. The van der Waals surface area contributed by atoms with E-state index in [1.807, 2.05) is 0 Å². The summed E-state index contributed by atoms with van der Waals surface area (Å²) in [6.07, 6.45) is 0. The van der Waals surface area contributed by atoms with Gasteiger partial charge in [-0.15, -0.1) is 10.2 Å². The Morgan fingerprint density at radius 2 is 1.79 bits per heavy atom. The van der Waals surface area contributed by atoms with Gasteiger partial charge in [-0.3, -0.25) is 9.59 Å². The van der Waals surface area contributed by atoms with Gasteiger partial charge < -0.3 is 15.2 Å². The molecule has 1 amide bonds. The van der Waals surface area contributed by atoms with E-state index in [1.165, 1.54) is 49.1 Å². The summed E-state index contributed by atoms with van der Waals surface area (Å²) in [5, 5.41) is 7.93. The minimum absolute atomic E-state index is 0.0997. The fourth-order valence-electron chi connectivity index (χ4n) is 1.68. The first-order chi connectivity index (χ1) is 11.5. The van der Waals surface area contributed by atoms with E-state index in [0.717, 1.165) is 0 Å². The van der Waals surface area contributed by atoms with Crippen LogP contribution in [0, 0.1) is 0 Å². The van der Waals surface area contributed by atoms with Crippen LogP contribution in [0.3, 0.4) is 0 Å². The van der Waals surface area contributed by atoms with Gasteiger partial charge in [0.1, 0.15) is 11.5 Å². The van der Waals surface area contributed by atoms with Crippen LogP contribution in [-0.2, 0) is 4.79 Å². The lowest BCUT2D eigenvalue weighted by Gasteiger charge is -2.09. The summed E-state index contributed by atoms with van der Waals surface area (Å²) in [6, 6.07) is 5.08. The Balaban J connectivity index is 1.99. The van der Waals surface area contributed by atoms with E-state index in [2.05, 4.69) is 10.2 Å². The van der Waals surface area contributed by atoms with Crippen molar-refractivity contribution in [1.29, 1.82) is 0 Å². The third-order valence-corrected chi connectivity index (χ3v) is 5.97. The van der Waals surface area contributed by atoms with Crippen molar-refractivity contribution in [3.8, 4) is 11.5 Å². The summed E-state index contributed by atoms with van der Waals surface area (Å²) in [4.78, 5) is 23.2. The highest BCUT2D eigenvalue weighted by Crippen LogP contribution is 2.30. The molecular formula is C14H15N3O4S3. The maximum Gasteiger partial charge on any atom is 0.227 e. The Bertz CT molecular complexity index is 736. The van der Waals surface area contributed by atoms with Crippen molar-refractivity contribution in [2.45, 2.75) is 8.68 Å². The molecule has 2 aromatic rings. The van der Waals surface area contributed by atoms with E-state index in [1.54, 1.807) is 18.2 Å². The summed E-state index contributed by atoms with van der Waals surface area (Å²) >= 11 is 3.82. The second-order valence-corrected chi connectivity index (χ2v) is 7.79. The number of amides is 1. The smallest absolute Gasteiger partial charge is 0.227 e. The van der Waals surface area contributed by atoms with Crippen molar-refractivity contribution in [3.63, 3.8) is 0 Å². The van der Waals surface area contributed by atoms with Crippen LogP contribution in [0.2, 0.25) is 0 Å². The molecule has 1 aromatic heterocycles. The van der Waals surface area contributed by atoms with Crippen LogP contribution in [0.25, 0.3) is 0 Å². The minimum atomic E-state index is -0.412. The van der Waals surface area contributed by atoms with Crippen molar-refractivity contribution < 1.29 is 19.1 Å². The maximum absolute atomic E-state index is 12.4. The van der Waals surface area contributed by atoms with Gasteiger partial charge in [0.05, 0.1) is 31.3 Å². The molecule has 0 atom stereocenters. The number of hydrogen-bond donors (Lipinski definition) is 1. The van der Waals surface area contributed by atoms with E-state index in [-0.39, 0.29) is 17.3 Å². The van der Waals surface area contributed by atoms with E-state index >= 15 is 0 Å². The number of aromatic nitrogens is 2. The van der Waals surface area contributed by atoms with Crippen molar-refractivity contribution in [1.82, 2.24) is 10.2 Å². The fraction of sp³-hybridized carbons (Fsp3) is 0.286. The first kappa shape index (κ1) is 18.6. The largest absolute Gasteiger partial charge is 0.497 e. The zero-order valence-corrected chi connectivity index (χ0v) is 15.4. The lowest BCUT2D eigenvalue weighted by Crippen LogP contribution is -2.12. The Morgan fingerprint density at radius 1 is 1.12 bits per heavy atom. The first-order valence-electron chi connectivity index (χ1n) is 6.66. The number of rotatable bonds is 9. The molecule has 2 rings (SSSR count). The molecule has 7 nitrogen and oxygen atoms in total. The molecule has 0 aliphatic rings. The van der Waals surface area contributed by atoms with Gasteiger partial charge in [0.15, 0.2) is 14.5 Å². The third kappa shape index (κ3) is 5.11. The number of primary amides is 1. The lowest BCUT2D eigenvalue weighted by molar-refractivity contribution is -0.115. The van der Waals surface area contributed by atoms with Crippen LogP contribution in [0.5, 0.6) is 11.5 Å². The SMILES string of the molecule is COc1ccc(OC)c(C(=O)CSc2nnc(SCC(N)=O)s2)c1. The predicted octanol–water partition coefficient (Wildman–Crippen LogP) is 2.11. The molecule has 1 aromatic carbocycles. The molecular weight excluding hydrogens is 370 g/mol. The number of ketones is 1. The molecule has 0 radical (unpaired) electrons. The summed E-state index contributed by atoms with van der Waals surface area (Å²) in [5.74, 6) is 0.918. The molecule has 128 valence electrons. The molecule has 0 fully saturated rings. The van der Waals surface area contributed by atoms with Crippen molar-refractivity contribution >= 4 is 46.6 Å². The van der Waals surface area contributed by atoms with Gasteiger partial charge in [-0.1, -0.05) is 34.9 Å². The lowest BCUT2D eigenvalue weighted by atomic mass is 10.1. The summed E-state index contributed by atoms with van der Waals surface area (Å²) in [5.41, 5.74) is 5.54. The molecule has 0 unspecified atom stereocenters. The van der Waals surface area contributed by atoms with E-state index in [9.17, 15) is 9.59 Å². The van der Waals surface area contributed by atoms with E-state index < -0.39 is 5.91 Å². The highest BCUT2D eigenvalue weighted by molar-refractivity contribution is 8.03. The second kappa shape index (κ2) is 8.90. The van der Waals surface area contributed by atoms with Crippen LogP contribution in [0.1, 0.15) is 10.4 Å². The summed E-state index contributed by atoms with van der Waals surface area (Å²) in [7, 11) is 3.05. The van der Waals surface area contributed by atoms with E-state index in [4.69, 9.17) is 15.2 Å². The topological polar surface area (TPSA) is 104 Å². The number of Topliss-reactive ketones (excluding diaryl/α,β-unsaturated/α-hetero) is 1. The number of hydrogen-bond acceptors (Lipinski definition) is 9. The first-order valence-corrected chi connectivity index (χ1v) is 9.45. The monoisotopic (exact) mass is 385 g/mol. The molecule has 0 saturated carbocycles. The van der Waals surface area contributed by atoms with Gasteiger partial charge in [0.2, 0.25) is 5.91 Å². The van der Waals surface area contributed by atoms with E-state index in [0.29, 0.717) is 25.7 Å². The quantitative estimate of drug-likeness (QED) is 0.517. The van der Waals surface area contributed by atoms with Crippen LogP contribution >= 0.6 is 34.9 Å². The molecule has 10 heteroatoms. The van der Waals surface area contributed by atoms with Crippen LogP contribution < -0.4 is 15.2 Å². The standard InChI is InChI=1S/C14H15N3O4S3/c1-20-8-3-4-11(21-2)9(5-8)10(18)6-22-13-16-17-14(24-13)23-7-12(15)19/h3-5H,6-7H2,1-2H3,(H2,15,19).